The Morgan fingerprint density at radius 1 is 1.24 bits per heavy atom. The molecule has 2 heterocycles. The lowest BCUT2D eigenvalue weighted by Gasteiger charge is -2.23. The highest BCUT2D eigenvalue weighted by Crippen LogP contribution is 2.34. The molecule has 7 nitrogen and oxygen atoms in total. The Labute approximate surface area is 180 Å². The number of carbonyl (C=O) groups excluding carboxylic acids is 1. The maximum atomic E-state index is 12.6. The molecule has 3 rings (SSSR count). The molecule has 2 aromatic rings. The molecule has 0 saturated carbocycles. The summed E-state index contributed by atoms with van der Waals surface area (Å²) in [6, 6.07) is 5.81. The van der Waals surface area contributed by atoms with E-state index in [1.807, 2.05) is 18.2 Å². The molecule has 0 fully saturated rings. The van der Waals surface area contributed by atoms with Gasteiger partial charge in [0.2, 0.25) is 11.0 Å². The van der Waals surface area contributed by atoms with Crippen molar-refractivity contribution in [1.29, 1.82) is 0 Å². The van der Waals surface area contributed by atoms with Crippen molar-refractivity contribution < 1.29 is 14.3 Å². The van der Waals surface area contributed by atoms with Crippen LogP contribution >= 0.6 is 23.1 Å². The van der Waals surface area contributed by atoms with Crippen LogP contribution in [-0.2, 0) is 4.79 Å². The van der Waals surface area contributed by atoms with Crippen LogP contribution in [0.25, 0.3) is 0 Å². The first-order chi connectivity index (χ1) is 14.1. The van der Waals surface area contributed by atoms with Crippen molar-refractivity contribution in [1.82, 2.24) is 15.5 Å². The average Bonchev–Trinajstić information content (AvgIpc) is 3.04. The number of benzene rings is 1. The smallest absolute Gasteiger partial charge is 0.230 e. The van der Waals surface area contributed by atoms with Gasteiger partial charge < -0.3 is 20.1 Å². The van der Waals surface area contributed by atoms with Crippen LogP contribution in [0.3, 0.4) is 0 Å². The minimum Gasteiger partial charge on any atom is -0.490 e. The number of amides is 1. The van der Waals surface area contributed by atoms with Gasteiger partial charge in [-0.25, -0.2) is 0 Å². The number of rotatable bonds is 9. The largest absolute Gasteiger partial charge is 0.490 e. The Morgan fingerprint density at radius 3 is 2.79 bits per heavy atom. The minimum atomic E-state index is -0.101. The molecular formula is C20H28N4O3S2. The van der Waals surface area contributed by atoms with E-state index in [0.29, 0.717) is 19.0 Å². The predicted octanol–water partition coefficient (Wildman–Crippen LogP) is 4.13. The van der Waals surface area contributed by atoms with E-state index in [4.69, 9.17) is 9.47 Å². The molecule has 1 aliphatic rings. The first kappa shape index (κ1) is 21.7. The van der Waals surface area contributed by atoms with Crippen molar-refractivity contribution in [3.63, 3.8) is 0 Å². The van der Waals surface area contributed by atoms with Crippen molar-refractivity contribution in [2.75, 3.05) is 30.8 Å². The van der Waals surface area contributed by atoms with Crippen LogP contribution in [-0.4, -0.2) is 41.6 Å². The molecule has 9 heteroatoms. The van der Waals surface area contributed by atoms with Crippen LogP contribution in [0, 0.1) is 5.92 Å². The summed E-state index contributed by atoms with van der Waals surface area (Å²) in [5.41, 5.74) is 1.02. The van der Waals surface area contributed by atoms with E-state index >= 15 is 0 Å². The van der Waals surface area contributed by atoms with Crippen molar-refractivity contribution >= 4 is 34.1 Å². The van der Waals surface area contributed by atoms with E-state index in [1.54, 1.807) is 0 Å². The van der Waals surface area contributed by atoms with E-state index in [-0.39, 0.29) is 17.9 Å². The summed E-state index contributed by atoms with van der Waals surface area (Å²) in [5.74, 6) is 2.02. The van der Waals surface area contributed by atoms with Gasteiger partial charge in [0, 0.05) is 13.0 Å². The number of aromatic nitrogens is 2. The highest BCUT2D eigenvalue weighted by Gasteiger charge is 2.21. The highest BCUT2D eigenvalue weighted by atomic mass is 32.2. The molecule has 1 aliphatic heterocycles. The molecule has 0 aliphatic carbocycles. The van der Waals surface area contributed by atoms with Gasteiger partial charge in [0.15, 0.2) is 15.8 Å². The Hall–Kier alpha value is -2.00. The third-order valence-corrected chi connectivity index (χ3v) is 6.39. The van der Waals surface area contributed by atoms with Crippen LogP contribution < -0.4 is 20.1 Å². The molecule has 0 spiro atoms. The summed E-state index contributed by atoms with van der Waals surface area (Å²) in [5, 5.41) is 15.4. The molecule has 0 saturated heterocycles. The summed E-state index contributed by atoms with van der Waals surface area (Å²) in [6.07, 6.45) is 1.90. The Kier molecular flexibility index (Phi) is 8.00. The minimum absolute atomic E-state index is 0.0286. The fourth-order valence-corrected chi connectivity index (χ4v) is 4.51. The maximum absolute atomic E-state index is 12.6. The lowest BCUT2D eigenvalue weighted by molar-refractivity contribution is -0.119. The van der Waals surface area contributed by atoms with E-state index < -0.39 is 0 Å². The second kappa shape index (κ2) is 10.7. The molecule has 1 atom stereocenters. The fraction of sp³-hybridized carbons (Fsp3) is 0.550. The zero-order chi connectivity index (χ0) is 20.6. The summed E-state index contributed by atoms with van der Waals surface area (Å²) < 4.78 is 12.3. The van der Waals surface area contributed by atoms with Crippen LogP contribution in [0.15, 0.2) is 22.5 Å². The number of hydrogen-bond donors (Lipinski definition) is 2. The van der Waals surface area contributed by atoms with Crippen LogP contribution in [0.4, 0.5) is 5.13 Å². The van der Waals surface area contributed by atoms with Gasteiger partial charge in [-0.2, -0.15) is 0 Å². The van der Waals surface area contributed by atoms with Gasteiger partial charge in [-0.15, -0.1) is 10.2 Å². The lowest BCUT2D eigenvalue weighted by Crippen LogP contribution is -2.33. The van der Waals surface area contributed by atoms with E-state index in [2.05, 4.69) is 41.6 Å². The maximum Gasteiger partial charge on any atom is 0.230 e. The third-order valence-electron chi connectivity index (χ3n) is 4.37. The lowest BCUT2D eigenvalue weighted by atomic mass is 9.95. The Balaban J connectivity index is 1.59. The van der Waals surface area contributed by atoms with Gasteiger partial charge >= 0.3 is 0 Å². The van der Waals surface area contributed by atoms with E-state index in [1.165, 1.54) is 23.1 Å². The SMILES string of the molecule is CCCNc1nnc(SCC(=O)NC(c2ccc3c(c2)OCCCO3)C(C)C)s1. The molecule has 2 N–H and O–H groups in total. The van der Waals surface area contributed by atoms with Gasteiger partial charge in [-0.05, 0) is 30.0 Å². The number of thioether (sulfide) groups is 1. The van der Waals surface area contributed by atoms with Gasteiger partial charge in [-0.1, -0.05) is 49.9 Å². The molecule has 1 aromatic heterocycles. The first-order valence-corrected chi connectivity index (χ1v) is 11.8. The number of nitrogens with one attached hydrogen (secondary N) is 2. The van der Waals surface area contributed by atoms with E-state index in [0.717, 1.165) is 45.9 Å². The zero-order valence-corrected chi connectivity index (χ0v) is 18.7. The van der Waals surface area contributed by atoms with Gasteiger partial charge in [-0.3, -0.25) is 4.79 Å². The van der Waals surface area contributed by atoms with Crippen molar-refractivity contribution in [3.05, 3.63) is 23.8 Å². The van der Waals surface area contributed by atoms with Gasteiger partial charge in [0.05, 0.1) is 25.0 Å². The Bertz CT molecular complexity index is 813. The first-order valence-electron chi connectivity index (χ1n) is 9.96. The molecule has 1 aromatic carbocycles. The second-order valence-electron chi connectivity index (χ2n) is 7.13. The molecule has 0 radical (unpaired) electrons. The number of carbonyl (C=O) groups is 1. The van der Waals surface area contributed by atoms with Crippen LogP contribution in [0.2, 0.25) is 0 Å². The molecular weight excluding hydrogens is 408 g/mol. The normalized spacial score (nSPS) is 14.3. The average molecular weight is 437 g/mol. The van der Waals surface area contributed by atoms with Gasteiger partial charge in [0.1, 0.15) is 0 Å². The Morgan fingerprint density at radius 2 is 2.03 bits per heavy atom. The topological polar surface area (TPSA) is 85.4 Å². The standard InChI is InChI=1S/C20H28N4O3S2/c1-4-8-21-19-23-24-20(29-19)28-12-17(25)22-18(13(2)3)14-6-7-15-16(11-14)27-10-5-9-26-15/h6-7,11,13,18H,4-5,8-10,12H2,1-3H3,(H,21,23)(H,22,25). The number of ether oxygens (including phenoxy) is 2. The molecule has 0 bridgehead atoms. The highest BCUT2D eigenvalue weighted by molar-refractivity contribution is 8.01. The summed E-state index contributed by atoms with van der Waals surface area (Å²) in [4.78, 5) is 12.6. The van der Waals surface area contributed by atoms with Crippen LogP contribution in [0.1, 0.15) is 45.2 Å². The molecule has 1 unspecified atom stereocenters. The van der Waals surface area contributed by atoms with E-state index in [9.17, 15) is 4.79 Å². The fourth-order valence-electron chi connectivity index (χ4n) is 2.92. The molecule has 29 heavy (non-hydrogen) atoms. The number of nitrogens with zero attached hydrogens (tertiary/aromatic N) is 2. The van der Waals surface area contributed by atoms with Crippen molar-refractivity contribution in [2.45, 2.75) is 44.0 Å². The molecule has 158 valence electrons. The summed E-state index contributed by atoms with van der Waals surface area (Å²) in [6.45, 7) is 8.46. The predicted molar refractivity (Wildman–Crippen MR) is 117 cm³/mol. The number of fused-ring (bicyclic) bond motifs is 1. The zero-order valence-electron chi connectivity index (χ0n) is 17.1. The molecule has 1 amide bonds. The third kappa shape index (κ3) is 6.24. The summed E-state index contributed by atoms with van der Waals surface area (Å²) >= 11 is 2.88. The summed E-state index contributed by atoms with van der Waals surface area (Å²) in [7, 11) is 0. The monoisotopic (exact) mass is 436 g/mol. The second-order valence-corrected chi connectivity index (χ2v) is 9.33. The number of hydrogen-bond acceptors (Lipinski definition) is 8. The quantitative estimate of drug-likeness (QED) is 0.572. The van der Waals surface area contributed by atoms with Crippen LogP contribution in [0.5, 0.6) is 11.5 Å². The van der Waals surface area contributed by atoms with Crippen molar-refractivity contribution in [3.8, 4) is 11.5 Å². The number of anilines is 1. The van der Waals surface area contributed by atoms with Crippen molar-refractivity contribution in [2.24, 2.45) is 5.92 Å². The van der Waals surface area contributed by atoms with Gasteiger partial charge in [0.25, 0.3) is 0 Å².